The van der Waals surface area contributed by atoms with Gasteiger partial charge in [0.2, 0.25) is 0 Å². The van der Waals surface area contributed by atoms with E-state index in [1.54, 1.807) is 13.8 Å². The SMILES string of the molecule is CC1(O)COCC1(C)O. The Balaban J connectivity index is 2.75. The van der Waals surface area contributed by atoms with Crippen molar-refractivity contribution < 1.29 is 14.9 Å². The molecule has 54 valence electrons. The molecule has 0 saturated carbocycles. The van der Waals surface area contributed by atoms with Crippen molar-refractivity contribution in [2.75, 3.05) is 13.2 Å². The smallest absolute Gasteiger partial charge is 0.116 e. The van der Waals surface area contributed by atoms with Gasteiger partial charge in [0.05, 0.1) is 13.2 Å². The number of aliphatic hydroxyl groups is 2. The van der Waals surface area contributed by atoms with E-state index in [1.165, 1.54) is 0 Å². The highest BCUT2D eigenvalue weighted by atomic mass is 16.5. The molecule has 0 aliphatic carbocycles. The standard InChI is InChI=1S/C6H12O3/c1-5(7)3-9-4-6(5,2)8/h7-8H,3-4H2,1-2H3. The Bertz CT molecular complexity index is 103. The average Bonchev–Trinajstić information content (AvgIpc) is 1.81. The minimum absolute atomic E-state index is 0.222. The van der Waals surface area contributed by atoms with Crippen LogP contribution in [0.15, 0.2) is 0 Å². The molecule has 0 aromatic heterocycles. The van der Waals surface area contributed by atoms with Gasteiger partial charge in [-0.05, 0) is 13.8 Å². The van der Waals surface area contributed by atoms with E-state index in [-0.39, 0.29) is 13.2 Å². The lowest BCUT2D eigenvalue weighted by Crippen LogP contribution is -2.48. The van der Waals surface area contributed by atoms with Crippen LogP contribution in [0.4, 0.5) is 0 Å². The highest BCUT2D eigenvalue weighted by Crippen LogP contribution is 2.28. The van der Waals surface area contributed by atoms with E-state index in [2.05, 4.69) is 0 Å². The molecular formula is C6H12O3. The second-order valence-electron chi connectivity index (χ2n) is 3.04. The molecule has 0 radical (unpaired) electrons. The third-order valence-electron chi connectivity index (χ3n) is 1.93. The molecule has 0 bridgehead atoms. The van der Waals surface area contributed by atoms with Gasteiger partial charge in [0.25, 0.3) is 0 Å². The number of ether oxygens (including phenoxy) is 1. The maximum Gasteiger partial charge on any atom is 0.116 e. The third kappa shape index (κ3) is 0.956. The van der Waals surface area contributed by atoms with E-state index < -0.39 is 11.2 Å². The van der Waals surface area contributed by atoms with Gasteiger partial charge < -0.3 is 14.9 Å². The van der Waals surface area contributed by atoms with E-state index in [0.717, 1.165) is 0 Å². The second-order valence-corrected chi connectivity index (χ2v) is 3.04. The van der Waals surface area contributed by atoms with Gasteiger partial charge in [0.1, 0.15) is 11.2 Å². The third-order valence-corrected chi connectivity index (χ3v) is 1.93. The number of rotatable bonds is 0. The Morgan fingerprint density at radius 3 is 1.56 bits per heavy atom. The fourth-order valence-electron chi connectivity index (χ4n) is 0.759. The normalized spacial score (nSPS) is 52.0. The topological polar surface area (TPSA) is 49.7 Å². The summed E-state index contributed by atoms with van der Waals surface area (Å²) >= 11 is 0. The summed E-state index contributed by atoms with van der Waals surface area (Å²) in [5.74, 6) is 0. The van der Waals surface area contributed by atoms with Gasteiger partial charge >= 0.3 is 0 Å². The monoisotopic (exact) mass is 132 g/mol. The minimum atomic E-state index is -1.08. The molecule has 0 aromatic rings. The summed E-state index contributed by atoms with van der Waals surface area (Å²) in [5, 5.41) is 18.7. The van der Waals surface area contributed by atoms with Crippen LogP contribution in [0.1, 0.15) is 13.8 Å². The molecular weight excluding hydrogens is 120 g/mol. The summed E-state index contributed by atoms with van der Waals surface area (Å²) in [7, 11) is 0. The summed E-state index contributed by atoms with van der Waals surface area (Å²) in [4.78, 5) is 0. The molecule has 1 rings (SSSR count). The Morgan fingerprint density at radius 1 is 1.11 bits per heavy atom. The fourth-order valence-corrected chi connectivity index (χ4v) is 0.759. The van der Waals surface area contributed by atoms with Crippen LogP contribution < -0.4 is 0 Å². The first-order chi connectivity index (χ1) is 3.96. The summed E-state index contributed by atoms with van der Waals surface area (Å²) in [6.45, 7) is 3.58. The lowest BCUT2D eigenvalue weighted by molar-refractivity contribution is -0.0935. The summed E-state index contributed by atoms with van der Waals surface area (Å²) < 4.78 is 4.88. The molecule has 1 heterocycles. The van der Waals surface area contributed by atoms with Crippen LogP contribution in [-0.4, -0.2) is 34.6 Å². The van der Waals surface area contributed by atoms with Crippen LogP contribution in [0.5, 0.6) is 0 Å². The van der Waals surface area contributed by atoms with Gasteiger partial charge in [-0.1, -0.05) is 0 Å². The molecule has 9 heavy (non-hydrogen) atoms. The van der Waals surface area contributed by atoms with Crippen molar-refractivity contribution in [1.82, 2.24) is 0 Å². The number of hydrogen-bond acceptors (Lipinski definition) is 3. The van der Waals surface area contributed by atoms with Gasteiger partial charge in [-0.25, -0.2) is 0 Å². The first kappa shape index (κ1) is 6.99. The molecule has 0 amide bonds. The molecule has 2 atom stereocenters. The molecule has 2 unspecified atom stereocenters. The van der Waals surface area contributed by atoms with Crippen LogP contribution in [0.2, 0.25) is 0 Å². The molecule has 1 saturated heterocycles. The van der Waals surface area contributed by atoms with Crippen molar-refractivity contribution in [3.63, 3.8) is 0 Å². The van der Waals surface area contributed by atoms with Crippen LogP contribution in [0.25, 0.3) is 0 Å². The predicted octanol–water partition coefficient (Wildman–Crippen LogP) is -0.481. The Labute approximate surface area is 54.3 Å². The van der Waals surface area contributed by atoms with Crippen molar-refractivity contribution in [1.29, 1.82) is 0 Å². The first-order valence-electron chi connectivity index (χ1n) is 2.98. The zero-order valence-electron chi connectivity index (χ0n) is 5.72. The van der Waals surface area contributed by atoms with E-state index in [0.29, 0.717) is 0 Å². The zero-order chi connectivity index (χ0) is 7.12. The maximum absolute atomic E-state index is 9.35. The van der Waals surface area contributed by atoms with Crippen molar-refractivity contribution in [2.24, 2.45) is 0 Å². The van der Waals surface area contributed by atoms with Crippen molar-refractivity contribution >= 4 is 0 Å². The quantitative estimate of drug-likeness (QED) is 0.468. The molecule has 0 aromatic carbocycles. The van der Waals surface area contributed by atoms with Crippen molar-refractivity contribution in [2.45, 2.75) is 25.0 Å². The van der Waals surface area contributed by atoms with E-state index in [9.17, 15) is 10.2 Å². The predicted molar refractivity (Wildman–Crippen MR) is 32.1 cm³/mol. The second kappa shape index (κ2) is 1.68. The molecule has 3 nitrogen and oxygen atoms in total. The van der Waals surface area contributed by atoms with E-state index in [1.807, 2.05) is 0 Å². The van der Waals surface area contributed by atoms with Gasteiger partial charge in [0.15, 0.2) is 0 Å². The molecule has 1 aliphatic rings. The van der Waals surface area contributed by atoms with Crippen LogP contribution in [0, 0.1) is 0 Å². The van der Waals surface area contributed by atoms with E-state index in [4.69, 9.17) is 4.74 Å². The highest BCUT2D eigenvalue weighted by molar-refractivity contribution is 4.97. The van der Waals surface area contributed by atoms with Gasteiger partial charge in [-0.3, -0.25) is 0 Å². The summed E-state index contributed by atoms with van der Waals surface area (Å²) in [5.41, 5.74) is -2.15. The lowest BCUT2D eigenvalue weighted by atomic mass is 9.90. The Kier molecular flexibility index (Phi) is 1.31. The highest BCUT2D eigenvalue weighted by Gasteiger charge is 2.47. The van der Waals surface area contributed by atoms with Crippen LogP contribution in [-0.2, 0) is 4.74 Å². The molecule has 2 N–H and O–H groups in total. The maximum atomic E-state index is 9.35. The molecule has 0 spiro atoms. The van der Waals surface area contributed by atoms with Crippen molar-refractivity contribution in [3.8, 4) is 0 Å². The summed E-state index contributed by atoms with van der Waals surface area (Å²) in [6, 6.07) is 0. The summed E-state index contributed by atoms with van der Waals surface area (Å²) in [6.07, 6.45) is 0. The molecule has 1 aliphatic heterocycles. The minimum Gasteiger partial charge on any atom is -0.385 e. The first-order valence-corrected chi connectivity index (χ1v) is 2.98. The van der Waals surface area contributed by atoms with Crippen molar-refractivity contribution in [3.05, 3.63) is 0 Å². The van der Waals surface area contributed by atoms with Crippen LogP contribution in [0.3, 0.4) is 0 Å². The van der Waals surface area contributed by atoms with E-state index >= 15 is 0 Å². The van der Waals surface area contributed by atoms with Crippen LogP contribution >= 0.6 is 0 Å². The molecule has 1 fully saturated rings. The molecule has 3 heteroatoms. The van der Waals surface area contributed by atoms with Gasteiger partial charge in [-0.2, -0.15) is 0 Å². The van der Waals surface area contributed by atoms with Gasteiger partial charge in [-0.15, -0.1) is 0 Å². The zero-order valence-corrected chi connectivity index (χ0v) is 5.72. The van der Waals surface area contributed by atoms with Gasteiger partial charge in [0, 0.05) is 0 Å². The Morgan fingerprint density at radius 2 is 1.44 bits per heavy atom. The Hall–Kier alpha value is -0.120. The number of hydrogen-bond donors (Lipinski definition) is 2. The lowest BCUT2D eigenvalue weighted by Gasteiger charge is -2.28. The largest absolute Gasteiger partial charge is 0.385 e. The average molecular weight is 132 g/mol. The fraction of sp³-hybridized carbons (Fsp3) is 1.00.